The molecule has 0 N–H and O–H groups in total. The van der Waals surface area contributed by atoms with Crippen molar-refractivity contribution < 1.29 is 13.2 Å². The zero-order valence-corrected chi connectivity index (χ0v) is 8.98. The summed E-state index contributed by atoms with van der Waals surface area (Å²) in [6, 6.07) is 1.51. The molecule has 0 aromatic carbocycles. The van der Waals surface area contributed by atoms with Gasteiger partial charge < -0.3 is 0 Å². The Kier molecular flexibility index (Phi) is 3.15. The van der Waals surface area contributed by atoms with Crippen LogP contribution in [0.1, 0.15) is 18.2 Å². The predicted molar refractivity (Wildman–Crippen MR) is 51.3 cm³/mol. The zero-order chi connectivity index (χ0) is 10.1. The van der Waals surface area contributed by atoms with Crippen molar-refractivity contribution in [2.45, 2.75) is 19.5 Å². The number of aromatic nitrogens is 1. The topological polar surface area (TPSA) is 12.9 Å². The van der Waals surface area contributed by atoms with Gasteiger partial charge in [-0.3, -0.25) is 4.98 Å². The van der Waals surface area contributed by atoms with Crippen LogP contribution in [0.25, 0.3) is 0 Å². The lowest BCUT2D eigenvalue weighted by Gasteiger charge is -2.09. The fraction of sp³-hybridized carbons (Fsp3) is 0.375. The van der Waals surface area contributed by atoms with Crippen LogP contribution in [0.15, 0.2) is 12.3 Å². The highest BCUT2D eigenvalue weighted by molar-refractivity contribution is 14.1. The first-order valence-electron chi connectivity index (χ1n) is 3.66. The Balaban J connectivity index is 3.22. The highest BCUT2D eigenvalue weighted by atomic mass is 127. The fourth-order valence-corrected chi connectivity index (χ4v) is 1.52. The lowest BCUT2D eigenvalue weighted by molar-refractivity contribution is -0.141. The summed E-state index contributed by atoms with van der Waals surface area (Å²) in [6.07, 6.45) is -2.77. The van der Waals surface area contributed by atoms with E-state index in [1.165, 1.54) is 12.3 Å². The molecular weight excluding hydrogens is 294 g/mol. The van der Waals surface area contributed by atoms with Crippen LogP contribution in [0.2, 0.25) is 0 Å². The van der Waals surface area contributed by atoms with Crippen molar-refractivity contribution in [1.29, 1.82) is 0 Å². The van der Waals surface area contributed by atoms with Gasteiger partial charge >= 0.3 is 6.18 Å². The van der Waals surface area contributed by atoms with E-state index < -0.39 is 11.9 Å². The summed E-state index contributed by atoms with van der Waals surface area (Å²) in [5.41, 5.74) is -0.519. The van der Waals surface area contributed by atoms with Gasteiger partial charge in [-0.1, -0.05) is 6.92 Å². The second-order valence-electron chi connectivity index (χ2n) is 2.51. The van der Waals surface area contributed by atoms with Gasteiger partial charge in [-0.25, -0.2) is 0 Å². The second-order valence-corrected chi connectivity index (χ2v) is 3.76. The van der Waals surface area contributed by atoms with E-state index in [0.29, 0.717) is 6.42 Å². The van der Waals surface area contributed by atoms with Crippen molar-refractivity contribution in [2.75, 3.05) is 0 Å². The first-order valence-corrected chi connectivity index (χ1v) is 4.74. The minimum atomic E-state index is -4.34. The lowest BCUT2D eigenvalue weighted by Crippen LogP contribution is -2.11. The normalized spacial score (nSPS) is 11.8. The molecule has 0 saturated heterocycles. The SMILES string of the molecule is CCc1cc(I)cnc1C(F)(F)F. The Morgan fingerprint density at radius 3 is 2.54 bits per heavy atom. The summed E-state index contributed by atoms with van der Waals surface area (Å²) >= 11 is 1.94. The van der Waals surface area contributed by atoms with Gasteiger partial charge in [0.1, 0.15) is 5.69 Å². The van der Waals surface area contributed by atoms with Crippen LogP contribution in [-0.4, -0.2) is 4.98 Å². The van der Waals surface area contributed by atoms with Gasteiger partial charge in [0.25, 0.3) is 0 Å². The van der Waals surface area contributed by atoms with Gasteiger partial charge in [0, 0.05) is 9.77 Å². The molecule has 13 heavy (non-hydrogen) atoms. The van der Waals surface area contributed by atoms with Crippen LogP contribution in [0.3, 0.4) is 0 Å². The number of aryl methyl sites for hydroxylation is 1. The Hall–Kier alpha value is -0.330. The van der Waals surface area contributed by atoms with Gasteiger partial charge in [0.05, 0.1) is 0 Å². The Labute approximate surface area is 87.5 Å². The molecule has 1 heterocycles. The van der Waals surface area contributed by atoms with Crippen LogP contribution in [-0.2, 0) is 12.6 Å². The maximum Gasteiger partial charge on any atom is 0.433 e. The minimum Gasteiger partial charge on any atom is -0.250 e. The van der Waals surface area contributed by atoms with Crippen molar-refractivity contribution >= 4 is 22.6 Å². The average molecular weight is 301 g/mol. The molecule has 0 spiro atoms. The smallest absolute Gasteiger partial charge is 0.250 e. The second kappa shape index (κ2) is 3.81. The van der Waals surface area contributed by atoms with E-state index in [1.807, 2.05) is 22.6 Å². The molecule has 1 nitrogen and oxygen atoms in total. The van der Waals surface area contributed by atoms with E-state index in [0.717, 1.165) is 3.57 Å². The number of alkyl halides is 3. The number of pyridine rings is 1. The molecule has 0 bridgehead atoms. The van der Waals surface area contributed by atoms with Crippen LogP contribution in [0, 0.1) is 3.57 Å². The fourth-order valence-electron chi connectivity index (χ4n) is 1.01. The van der Waals surface area contributed by atoms with Gasteiger partial charge in [-0.05, 0) is 40.6 Å². The van der Waals surface area contributed by atoms with Crippen molar-refractivity contribution in [2.24, 2.45) is 0 Å². The molecule has 0 aliphatic rings. The van der Waals surface area contributed by atoms with Gasteiger partial charge in [0.2, 0.25) is 0 Å². The summed E-state index contributed by atoms with van der Waals surface area (Å²) < 4.78 is 37.6. The molecule has 1 aromatic heterocycles. The highest BCUT2D eigenvalue weighted by Crippen LogP contribution is 2.30. The molecule has 0 fully saturated rings. The van der Waals surface area contributed by atoms with Crippen LogP contribution < -0.4 is 0 Å². The number of hydrogen-bond donors (Lipinski definition) is 0. The first-order chi connectivity index (χ1) is 5.95. The molecule has 0 saturated carbocycles. The van der Waals surface area contributed by atoms with Crippen LogP contribution in [0.5, 0.6) is 0 Å². The molecule has 5 heteroatoms. The third kappa shape index (κ3) is 2.55. The van der Waals surface area contributed by atoms with E-state index in [2.05, 4.69) is 4.98 Å². The summed E-state index contributed by atoms with van der Waals surface area (Å²) in [4.78, 5) is 3.39. The quantitative estimate of drug-likeness (QED) is 0.726. The van der Waals surface area contributed by atoms with Gasteiger partial charge in [-0.15, -0.1) is 0 Å². The predicted octanol–water partition coefficient (Wildman–Crippen LogP) is 3.27. The molecule has 0 atom stereocenters. The summed E-state index contributed by atoms with van der Waals surface area (Å²) in [7, 11) is 0. The molecule has 1 rings (SSSR count). The molecule has 0 aliphatic heterocycles. The molecule has 1 aromatic rings. The van der Waals surface area contributed by atoms with Gasteiger partial charge in [-0.2, -0.15) is 13.2 Å². The number of halogens is 4. The van der Waals surface area contributed by atoms with Gasteiger partial charge in [0.15, 0.2) is 0 Å². The monoisotopic (exact) mass is 301 g/mol. The molecule has 0 unspecified atom stereocenters. The van der Waals surface area contributed by atoms with Crippen molar-refractivity contribution in [3.05, 3.63) is 27.1 Å². The molecule has 0 aliphatic carbocycles. The maximum atomic E-state index is 12.3. The minimum absolute atomic E-state index is 0.249. The number of nitrogens with zero attached hydrogens (tertiary/aromatic N) is 1. The maximum absolute atomic E-state index is 12.3. The Bertz CT molecular complexity index is 309. The van der Waals surface area contributed by atoms with E-state index >= 15 is 0 Å². The molecular formula is C8H7F3IN. The Morgan fingerprint density at radius 2 is 2.08 bits per heavy atom. The summed E-state index contributed by atoms with van der Waals surface area (Å²) in [6.45, 7) is 1.68. The molecule has 0 radical (unpaired) electrons. The molecule has 72 valence electrons. The first kappa shape index (κ1) is 10.7. The summed E-state index contributed by atoms with van der Waals surface area (Å²) in [5, 5.41) is 0. The average Bonchev–Trinajstić information content (AvgIpc) is 2.01. The summed E-state index contributed by atoms with van der Waals surface area (Å²) in [5.74, 6) is 0. The van der Waals surface area contributed by atoms with E-state index in [9.17, 15) is 13.2 Å². The van der Waals surface area contributed by atoms with Crippen molar-refractivity contribution in [3.63, 3.8) is 0 Å². The van der Waals surface area contributed by atoms with E-state index in [4.69, 9.17) is 0 Å². The van der Waals surface area contributed by atoms with E-state index in [-0.39, 0.29) is 5.56 Å². The third-order valence-corrected chi connectivity index (χ3v) is 2.17. The Morgan fingerprint density at radius 1 is 1.46 bits per heavy atom. The van der Waals surface area contributed by atoms with E-state index in [1.54, 1.807) is 6.92 Å². The van der Waals surface area contributed by atoms with Crippen molar-refractivity contribution in [1.82, 2.24) is 4.98 Å². The van der Waals surface area contributed by atoms with Crippen LogP contribution >= 0.6 is 22.6 Å². The third-order valence-electron chi connectivity index (χ3n) is 1.58. The van der Waals surface area contributed by atoms with Crippen LogP contribution in [0.4, 0.5) is 13.2 Å². The largest absolute Gasteiger partial charge is 0.433 e. The van der Waals surface area contributed by atoms with Crippen molar-refractivity contribution in [3.8, 4) is 0 Å². The number of rotatable bonds is 1. The molecule has 0 amide bonds. The highest BCUT2D eigenvalue weighted by Gasteiger charge is 2.34. The number of hydrogen-bond acceptors (Lipinski definition) is 1. The standard InChI is InChI=1S/C8H7F3IN/c1-2-5-3-6(12)4-13-7(5)8(9,10)11/h3-4H,2H2,1H3. The zero-order valence-electron chi connectivity index (χ0n) is 6.82. The lowest BCUT2D eigenvalue weighted by atomic mass is 10.1.